The minimum absolute atomic E-state index is 0.256. The highest BCUT2D eigenvalue weighted by Crippen LogP contribution is 2.16. The summed E-state index contributed by atoms with van der Waals surface area (Å²) < 4.78 is 23.8. The molecule has 4 nitrogen and oxygen atoms in total. The Morgan fingerprint density at radius 1 is 1.32 bits per heavy atom. The van der Waals surface area contributed by atoms with Crippen LogP contribution in [0.5, 0.6) is 0 Å². The highest BCUT2D eigenvalue weighted by molar-refractivity contribution is 7.92. The Morgan fingerprint density at radius 2 is 2.05 bits per heavy atom. The maximum Gasteiger partial charge on any atom is 0.153 e. The molecule has 0 bridgehead atoms. The van der Waals surface area contributed by atoms with Gasteiger partial charge in [0.2, 0.25) is 0 Å². The fourth-order valence-electron chi connectivity index (χ4n) is 2.51. The van der Waals surface area contributed by atoms with E-state index in [1.807, 2.05) is 0 Å². The highest BCUT2D eigenvalue weighted by atomic mass is 32.2. The summed E-state index contributed by atoms with van der Waals surface area (Å²) in [7, 11) is -2.91. The lowest BCUT2D eigenvalue weighted by Gasteiger charge is -2.36. The zero-order valence-corrected chi connectivity index (χ0v) is 13.5. The van der Waals surface area contributed by atoms with Crippen LogP contribution in [-0.4, -0.2) is 56.5 Å². The molecular weight excluding hydrogens is 260 g/mol. The molecule has 1 saturated heterocycles. The van der Waals surface area contributed by atoms with Crippen LogP contribution in [0.15, 0.2) is 0 Å². The molecule has 1 aliphatic rings. The van der Waals surface area contributed by atoms with Crippen molar-refractivity contribution in [3.8, 4) is 0 Å². The van der Waals surface area contributed by atoms with Crippen LogP contribution in [0.3, 0.4) is 0 Å². The van der Waals surface area contributed by atoms with Gasteiger partial charge in [-0.25, -0.2) is 8.42 Å². The van der Waals surface area contributed by atoms with Gasteiger partial charge >= 0.3 is 0 Å². The Kier molecular flexibility index (Phi) is 7.32. The quantitative estimate of drug-likeness (QED) is 0.691. The van der Waals surface area contributed by atoms with Gasteiger partial charge in [-0.3, -0.25) is 4.90 Å². The van der Waals surface area contributed by atoms with Crippen LogP contribution in [-0.2, 0) is 9.84 Å². The zero-order chi connectivity index (χ0) is 14.3. The second-order valence-corrected chi connectivity index (χ2v) is 8.48. The first-order chi connectivity index (χ1) is 8.97. The SMILES string of the molecule is CCCNCC1CCCCN1CCS(=O)(=O)C(C)C. The molecule has 1 atom stereocenters. The number of sulfone groups is 1. The van der Waals surface area contributed by atoms with Gasteiger partial charge in [0, 0.05) is 19.1 Å². The maximum atomic E-state index is 11.9. The van der Waals surface area contributed by atoms with E-state index in [0.29, 0.717) is 18.3 Å². The fourth-order valence-corrected chi connectivity index (χ4v) is 3.47. The van der Waals surface area contributed by atoms with Crippen molar-refractivity contribution in [2.24, 2.45) is 0 Å². The van der Waals surface area contributed by atoms with E-state index in [0.717, 1.165) is 26.1 Å². The van der Waals surface area contributed by atoms with Crippen LogP contribution in [0.25, 0.3) is 0 Å². The summed E-state index contributed by atoms with van der Waals surface area (Å²) in [6, 6.07) is 0.516. The van der Waals surface area contributed by atoms with Crippen molar-refractivity contribution < 1.29 is 8.42 Å². The largest absolute Gasteiger partial charge is 0.315 e. The second kappa shape index (κ2) is 8.22. The summed E-state index contributed by atoms with van der Waals surface area (Å²) in [6.07, 6.45) is 4.81. The van der Waals surface area contributed by atoms with Gasteiger partial charge in [-0.05, 0) is 46.2 Å². The third-order valence-corrected chi connectivity index (χ3v) is 6.13. The lowest BCUT2D eigenvalue weighted by atomic mass is 10.0. The summed E-state index contributed by atoms with van der Waals surface area (Å²) in [5.74, 6) is 0.301. The Hall–Kier alpha value is -0.130. The van der Waals surface area contributed by atoms with Crippen LogP contribution in [0.4, 0.5) is 0 Å². The molecule has 0 spiro atoms. The van der Waals surface area contributed by atoms with Gasteiger partial charge in [0.05, 0.1) is 11.0 Å². The molecule has 0 aliphatic carbocycles. The van der Waals surface area contributed by atoms with E-state index in [9.17, 15) is 8.42 Å². The smallest absolute Gasteiger partial charge is 0.153 e. The third-order valence-electron chi connectivity index (χ3n) is 3.94. The van der Waals surface area contributed by atoms with Crippen molar-refractivity contribution >= 4 is 9.84 Å². The Bertz CT molecular complexity index is 341. The van der Waals surface area contributed by atoms with E-state index in [1.165, 1.54) is 19.3 Å². The molecule has 1 aliphatic heterocycles. The Labute approximate surface area is 118 Å². The fraction of sp³-hybridized carbons (Fsp3) is 1.00. The van der Waals surface area contributed by atoms with E-state index < -0.39 is 9.84 Å². The van der Waals surface area contributed by atoms with Crippen LogP contribution in [0, 0.1) is 0 Å². The van der Waals surface area contributed by atoms with Crippen molar-refractivity contribution in [1.29, 1.82) is 0 Å². The monoisotopic (exact) mass is 290 g/mol. The predicted octanol–water partition coefficient (Wildman–Crippen LogP) is 1.66. The average molecular weight is 290 g/mol. The number of hydrogen-bond donors (Lipinski definition) is 1. The van der Waals surface area contributed by atoms with Crippen molar-refractivity contribution in [2.75, 3.05) is 31.9 Å². The number of piperidine rings is 1. The van der Waals surface area contributed by atoms with Gasteiger partial charge < -0.3 is 5.32 Å². The number of rotatable bonds is 8. The van der Waals surface area contributed by atoms with Crippen LogP contribution >= 0.6 is 0 Å². The summed E-state index contributed by atoms with van der Waals surface area (Å²) in [4.78, 5) is 2.37. The number of nitrogens with one attached hydrogen (secondary N) is 1. The molecule has 1 unspecified atom stereocenters. The molecule has 114 valence electrons. The van der Waals surface area contributed by atoms with Crippen molar-refractivity contribution in [3.63, 3.8) is 0 Å². The first-order valence-corrected chi connectivity index (χ1v) is 9.35. The molecule has 1 rings (SSSR count). The van der Waals surface area contributed by atoms with Gasteiger partial charge in [0.25, 0.3) is 0 Å². The molecule has 1 N–H and O–H groups in total. The lowest BCUT2D eigenvalue weighted by Crippen LogP contribution is -2.47. The van der Waals surface area contributed by atoms with E-state index in [2.05, 4.69) is 17.1 Å². The van der Waals surface area contributed by atoms with Crippen molar-refractivity contribution in [2.45, 2.75) is 57.7 Å². The zero-order valence-electron chi connectivity index (χ0n) is 12.7. The van der Waals surface area contributed by atoms with Gasteiger partial charge in [0.15, 0.2) is 9.84 Å². The third kappa shape index (κ3) is 5.79. The first kappa shape index (κ1) is 16.9. The van der Waals surface area contributed by atoms with Crippen molar-refractivity contribution in [3.05, 3.63) is 0 Å². The molecule has 0 aromatic heterocycles. The Morgan fingerprint density at radius 3 is 2.68 bits per heavy atom. The van der Waals surface area contributed by atoms with E-state index in [4.69, 9.17) is 0 Å². The number of likely N-dealkylation sites (tertiary alicyclic amines) is 1. The normalized spacial score (nSPS) is 22.0. The van der Waals surface area contributed by atoms with E-state index in [-0.39, 0.29) is 5.25 Å². The molecule has 0 radical (unpaired) electrons. The molecular formula is C14H30N2O2S. The van der Waals surface area contributed by atoms with Crippen LogP contribution < -0.4 is 5.32 Å². The van der Waals surface area contributed by atoms with Gasteiger partial charge in [0.1, 0.15) is 0 Å². The molecule has 1 fully saturated rings. The molecule has 5 heteroatoms. The summed E-state index contributed by atoms with van der Waals surface area (Å²) >= 11 is 0. The predicted molar refractivity (Wildman–Crippen MR) is 81.3 cm³/mol. The van der Waals surface area contributed by atoms with Crippen LogP contribution in [0.1, 0.15) is 46.5 Å². The van der Waals surface area contributed by atoms with E-state index in [1.54, 1.807) is 13.8 Å². The highest BCUT2D eigenvalue weighted by Gasteiger charge is 2.24. The summed E-state index contributed by atoms with van der Waals surface area (Å²) in [5.41, 5.74) is 0. The number of nitrogens with zero attached hydrogens (tertiary/aromatic N) is 1. The standard InChI is InChI=1S/C14H30N2O2S/c1-4-8-15-12-14-7-5-6-9-16(14)10-11-19(17,18)13(2)3/h13-15H,4-12H2,1-3H3. The maximum absolute atomic E-state index is 11.9. The lowest BCUT2D eigenvalue weighted by molar-refractivity contribution is 0.154. The minimum Gasteiger partial charge on any atom is -0.315 e. The average Bonchev–Trinajstić information content (AvgIpc) is 2.38. The van der Waals surface area contributed by atoms with Crippen LogP contribution in [0.2, 0.25) is 0 Å². The molecule has 0 amide bonds. The number of hydrogen-bond acceptors (Lipinski definition) is 4. The molecule has 19 heavy (non-hydrogen) atoms. The summed E-state index contributed by atoms with van der Waals surface area (Å²) in [6.45, 7) is 9.49. The minimum atomic E-state index is -2.91. The first-order valence-electron chi connectivity index (χ1n) is 7.63. The van der Waals surface area contributed by atoms with Crippen molar-refractivity contribution in [1.82, 2.24) is 10.2 Å². The molecule has 0 saturated carbocycles. The molecule has 0 aromatic carbocycles. The van der Waals surface area contributed by atoms with Gasteiger partial charge in [-0.1, -0.05) is 13.3 Å². The topological polar surface area (TPSA) is 49.4 Å². The summed E-state index contributed by atoms with van der Waals surface area (Å²) in [5, 5.41) is 3.21. The second-order valence-electron chi connectivity index (χ2n) is 5.81. The van der Waals surface area contributed by atoms with Gasteiger partial charge in [-0.2, -0.15) is 0 Å². The Balaban J connectivity index is 2.44. The molecule has 0 aromatic rings. The van der Waals surface area contributed by atoms with E-state index >= 15 is 0 Å². The molecule has 1 heterocycles. The van der Waals surface area contributed by atoms with Gasteiger partial charge in [-0.15, -0.1) is 0 Å².